The maximum absolute atomic E-state index is 15.5. The molecule has 378 valence electrons. The van der Waals surface area contributed by atoms with Gasteiger partial charge in [-0.15, -0.1) is 0 Å². The number of ether oxygens (including phenoxy) is 8. The summed E-state index contributed by atoms with van der Waals surface area (Å²) < 4.78 is 105. The van der Waals surface area contributed by atoms with Crippen LogP contribution in [0.15, 0.2) is 152 Å². The Labute approximate surface area is 410 Å². The number of esters is 1. The molecule has 0 unspecified atom stereocenters. The molecule has 2 saturated heterocycles. The Morgan fingerprint density at radius 1 is 0.600 bits per heavy atom. The second-order valence-electron chi connectivity index (χ2n) is 17.1. The summed E-state index contributed by atoms with van der Waals surface area (Å²) in [6.07, 6.45) is -9.66. The maximum atomic E-state index is 15.5. The third-order valence-corrected chi connectivity index (χ3v) is 11.0. The summed E-state index contributed by atoms with van der Waals surface area (Å²) in [4.78, 5) is 22.5. The number of rotatable bonds is 20. The molecular weight excluding hydrogens is 940 g/mol. The van der Waals surface area contributed by atoms with Crippen LogP contribution in [0.1, 0.15) is 65.1 Å². The van der Waals surface area contributed by atoms with Crippen molar-refractivity contribution in [2.75, 3.05) is 26.4 Å². The van der Waals surface area contributed by atoms with Crippen molar-refractivity contribution >= 4 is 22.8 Å². The van der Waals surface area contributed by atoms with Gasteiger partial charge < -0.3 is 48.1 Å². The molecule has 70 heavy (non-hydrogen) atoms. The van der Waals surface area contributed by atoms with Gasteiger partial charge in [0.15, 0.2) is 29.9 Å². The molecule has 2 heterocycles. The van der Waals surface area contributed by atoms with Crippen LogP contribution in [0.25, 0.3) is 0 Å². The van der Waals surface area contributed by atoms with Crippen molar-refractivity contribution in [3.05, 3.63) is 179 Å². The zero-order valence-corrected chi connectivity index (χ0v) is 40.0. The molecule has 2 aliphatic rings. The van der Waals surface area contributed by atoms with Crippen molar-refractivity contribution in [1.29, 1.82) is 0 Å². The minimum Gasteiger partial charge on any atom is -0.459 e. The van der Waals surface area contributed by atoms with Crippen LogP contribution < -0.4 is 0 Å². The highest BCUT2D eigenvalue weighted by atomic mass is 35.5. The molecule has 2 fully saturated rings. The van der Waals surface area contributed by atoms with Gasteiger partial charge in [0.1, 0.15) is 24.9 Å². The van der Waals surface area contributed by atoms with Gasteiger partial charge in [-0.1, -0.05) is 140 Å². The Morgan fingerprint density at radius 2 is 0.957 bits per heavy atom. The topological polar surface area (TPSA) is 148 Å². The van der Waals surface area contributed by atoms with Crippen LogP contribution in [0.5, 0.6) is 0 Å². The molecule has 0 radical (unpaired) electrons. The number of alkyl halides is 4. The largest absolute Gasteiger partial charge is 0.459 e. The van der Waals surface area contributed by atoms with Crippen molar-refractivity contribution in [2.45, 2.75) is 108 Å². The highest BCUT2D eigenvalue weighted by Gasteiger charge is 2.56. The van der Waals surface area contributed by atoms with Crippen molar-refractivity contribution in [1.82, 2.24) is 0 Å². The number of hydrogen-bond donors (Lipinski definition) is 2. The first-order valence-electron chi connectivity index (χ1n) is 22.4. The Morgan fingerprint density at radius 3 is 1.30 bits per heavy atom. The zero-order valence-electron chi connectivity index (χ0n) is 39.2. The second-order valence-corrected chi connectivity index (χ2v) is 17.4. The van der Waals surface area contributed by atoms with E-state index in [9.17, 15) is 19.8 Å². The fourth-order valence-electron chi connectivity index (χ4n) is 7.10. The molecule has 12 nitrogen and oxygen atoms in total. The minimum atomic E-state index is -3.78. The molecule has 0 aromatic heterocycles. The Kier molecular flexibility index (Phi) is 21.0. The fraction of sp³-hybridized carbons (Fsp3) is 0.396. The number of carbonyl (C=O) groups excluding carboxylic acids is 2. The number of halogens is 5. The van der Waals surface area contributed by atoms with E-state index in [0.29, 0.717) is 11.1 Å². The molecular formula is C53H59ClF4O12. The average Bonchev–Trinajstić information content (AvgIpc) is 3.91. The highest BCUT2D eigenvalue weighted by molar-refractivity contribution is 6.67. The second kappa shape index (κ2) is 26.4. The van der Waals surface area contributed by atoms with Crippen LogP contribution in [0.2, 0.25) is 0 Å². The predicted octanol–water partition coefficient (Wildman–Crippen LogP) is 9.58. The summed E-state index contributed by atoms with van der Waals surface area (Å²) in [6.45, 7) is 4.41. The van der Waals surface area contributed by atoms with E-state index >= 15 is 17.6 Å². The van der Waals surface area contributed by atoms with Crippen LogP contribution in [0.3, 0.4) is 0 Å². The van der Waals surface area contributed by atoms with E-state index in [1.807, 2.05) is 30.3 Å². The van der Waals surface area contributed by atoms with Gasteiger partial charge in [0.25, 0.3) is 5.24 Å². The van der Waals surface area contributed by atoms with Gasteiger partial charge in [-0.3, -0.25) is 4.79 Å². The van der Waals surface area contributed by atoms with Crippen LogP contribution in [0.4, 0.5) is 17.6 Å². The summed E-state index contributed by atoms with van der Waals surface area (Å²) in [5, 5.41) is 19.5. The van der Waals surface area contributed by atoms with Crippen molar-refractivity contribution in [3.63, 3.8) is 0 Å². The Hall–Kier alpha value is -5.11. The molecule has 0 saturated carbocycles. The monoisotopic (exact) mass is 998 g/mol. The molecule has 7 rings (SSSR count). The molecule has 6 atom stereocenters. The van der Waals surface area contributed by atoms with E-state index in [2.05, 4.69) is 0 Å². The normalized spacial score (nSPS) is 19.0. The van der Waals surface area contributed by atoms with E-state index in [1.54, 1.807) is 137 Å². The first-order chi connectivity index (χ1) is 33.3. The summed E-state index contributed by atoms with van der Waals surface area (Å²) in [5.41, 5.74) is 2.91. The lowest BCUT2D eigenvalue weighted by Crippen LogP contribution is -2.54. The van der Waals surface area contributed by atoms with E-state index < -0.39 is 84.5 Å². The van der Waals surface area contributed by atoms with Gasteiger partial charge in [0.2, 0.25) is 0 Å². The van der Waals surface area contributed by atoms with E-state index in [4.69, 9.17) is 49.5 Å². The third kappa shape index (κ3) is 17.0. The molecule has 0 spiro atoms. The average molecular weight is 999 g/mol. The standard InChI is InChI=1S/C23H26F2O6.C23H28F2O5.C7H5ClO/c1-22(2)30-14-18(31-22)20(28-13-16-9-5-3-6-10-16)23(24,25)19(26)15-29-21(27)17-11-7-4-8-12-17;1-22(2)29-16-19(30-22)21(28-15-18-11-7-4-8-12-18)23(24,25)20(13-26)27-14-17-9-5-3-6-10-17;8-7(9)6-4-2-1-3-5-6/h3-12,18-20,26H,13-15H2,1-2H3;3-12,19-21,26H,13-16H2,1-2H3;1-5H/t18-,19-,20+;19-,20-,21+;/m11./s1. The third-order valence-electron chi connectivity index (χ3n) is 10.8. The lowest BCUT2D eigenvalue weighted by Gasteiger charge is -2.35. The lowest BCUT2D eigenvalue weighted by molar-refractivity contribution is -0.252. The van der Waals surface area contributed by atoms with Crippen LogP contribution >= 0.6 is 11.6 Å². The Bertz CT molecular complexity index is 2300. The summed E-state index contributed by atoms with van der Waals surface area (Å²) in [5.74, 6) is -10.2. The molecule has 2 aliphatic heterocycles. The van der Waals surface area contributed by atoms with Crippen molar-refractivity contribution < 1.29 is 75.3 Å². The number of aliphatic hydroxyl groups excluding tert-OH is 2. The Balaban J connectivity index is 0.000000221. The summed E-state index contributed by atoms with van der Waals surface area (Å²) in [7, 11) is 0. The number of carbonyl (C=O) groups is 2. The molecule has 0 aliphatic carbocycles. The van der Waals surface area contributed by atoms with Gasteiger partial charge >= 0.3 is 17.8 Å². The summed E-state index contributed by atoms with van der Waals surface area (Å²) in [6, 6.07) is 43.5. The van der Waals surface area contributed by atoms with Gasteiger partial charge in [-0.25, -0.2) is 22.4 Å². The molecule has 5 aromatic rings. The van der Waals surface area contributed by atoms with Crippen molar-refractivity contribution in [3.8, 4) is 0 Å². The van der Waals surface area contributed by atoms with Crippen LogP contribution in [-0.2, 0) is 57.7 Å². The number of benzene rings is 5. The van der Waals surface area contributed by atoms with Gasteiger partial charge in [0, 0.05) is 5.56 Å². The quantitative estimate of drug-likeness (QED) is 0.0435. The zero-order chi connectivity index (χ0) is 50.8. The van der Waals surface area contributed by atoms with Gasteiger partial charge in [0.05, 0.1) is 45.2 Å². The smallest absolute Gasteiger partial charge is 0.338 e. The first-order valence-corrected chi connectivity index (χ1v) is 22.8. The molecule has 17 heteroatoms. The number of hydrogen-bond acceptors (Lipinski definition) is 12. The first kappa shape index (κ1) is 55.8. The van der Waals surface area contributed by atoms with E-state index in [1.165, 1.54) is 12.1 Å². The van der Waals surface area contributed by atoms with E-state index in [-0.39, 0.29) is 38.6 Å². The van der Waals surface area contributed by atoms with Crippen LogP contribution in [-0.4, -0.2) is 108 Å². The lowest BCUT2D eigenvalue weighted by atomic mass is 10.0. The fourth-order valence-corrected chi connectivity index (χ4v) is 7.23. The molecule has 2 N–H and O–H groups in total. The van der Waals surface area contributed by atoms with Gasteiger partial charge in [-0.2, -0.15) is 0 Å². The molecule has 5 aromatic carbocycles. The molecule has 0 amide bonds. The van der Waals surface area contributed by atoms with E-state index in [0.717, 1.165) is 11.1 Å². The highest BCUT2D eigenvalue weighted by Crippen LogP contribution is 2.38. The van der Waals surface area contributed by atoms with Crippen molar-refractivity contribution in [2.24, 2.45) is 0 Å². The number of aliphatic hydroxyl groups is 2. The predicted molar refractivity (Wildman–Crippen MR) is 251 cm³/mol. The van der Waals surface area contributed by atoms with Gasteiger partial charge in [-0.05, 0) is 68.1 Å². The minimum absolute atomic E-state index is 0.0295. The molecule has 0 bridgehead atoms. The van der Waals surface area contributed by atoms with Crippen LogP contribution in [0, 0.1) is 0 Å². The maximum Gasteiger partial charge on any atom is 0.338 e. The summed E-state index contributed by atoms with van der Waals surface area (Å²) >= 11 is 5.16. The SMILES string of the molecule is CC1(C)OC[C@H]([C@H](OCc2ccccc2)C(F)(F)[C@@H](CO)OCc2ccccc2)O1.CC1(C)OC[C@H]([C@H](OCc2ccccc2)C(F)(F)[C@H](O)COC(=O)c2ccccc2)O1.O=C(Cl)c1ccccc1.